The van der Waals surface area contributed by atoms with Crippen LogP contribution in [0.2, 0.25) is 0 Å². The van der Waals surface area contributed by atoms with E-state index >= 15 is 0 Å². The van der Waals surface area contributed by atoms with E-state index in [0.29, 0.717) is 0 Å². The Balaban J connectivity index is 2.14. The van der Waals surface area contributed by atoms with Crippen molar-refractivity contribution in [2.24, 2.45) is 0 Å². The fourth-order valence-electron chi connectivity index (χ4n) is 2.73. The van der Waals surface area contributed by atoms with Crippen LogP contribution < -0.4 is 0 Å². The van der Waals surface area contributed by atoms with Crippen LogP contribution in [-0.2, 0) is 6.42 Å². The molecule has 118 valence electrons. The fourth-order valence-corrected chi connectivity index (χ4v) is 3.22. The molecule has 3 aromatic rings. The molecule has 3 heteroatoms. The molecule has 0 radical (unpaired) electrons. The number of hydrogen-bond acceptors (Lipinski definition) is 2. The van der Waals surface area contributed by atoms with Crippen molar-refractivity contribution in [3.05, 3.63) is 68.5 Å². The first-order chi connectivity index (χ1) is 11.1. The van der Waals surface area contributed by atoms with E-state index in [0.717, 1.165) is 56.3 Å². The first kappa shape index (κ1) is 16.2. The number of carbonyl (C=O) groups is 1. The predicted molar refractivity (Wildman–Crippen MR) is 102 cm³/mol. The Morgan fingerprint density at radius 3 is 2.57 bits per heavy atom. The minimum atomic E-state index is 0.0526. The van der Waals surface area contributed by atoms with E-state index in [1.165, 1.54) is 0 Å². The third kappa shape index (κ3) is 3.34. The van der Waals surface area contributed by atoms with Crippen LogP contribution in [0, 0.1) is 10.5 Å². The van der Waals surface area contributed by atoms with Crippen molar-refractivity contribution < 1.29 is 9.21 Å². The zero-order valence-corrected chi connectivity index (χ0v) is 15.5. The molecule has 1 aromatic heterocycles. The number of ketones is 1. The van der Waals surface area contributed by atoms with E-state index < -0.39 is 0 Å². The topological polar surface area (TPSA) is 30.2 Å². The van der Waals surface area contributed by atoms with Crippen LogP contribution >= 0.6 is 22.6 Å². The normalized spacial score (nSPS) is 11.1. The number of benzene rings is 2. The lowest BCUT2D eigenvalue weighted by Gasteiger charge is -2.03. The van der Waals surface area contributed by atoms with Crippen LogP contribution in [0.25, 0.3) is 11.0 Å². The second-order valence-corrected chi connectivity index (χ2v) is 7.09. The molecule has 23 heavy (non-hydrogen) atoms. The van der Waals surface area contributed by atoms with Gasteiger partial charge in [0.2, 0.25) is 0 Å². The van der Waals surface area contributed by atoms with Crippen molar-refractivity contribution in [3.63, 3.8) is 0 Å². The van der Waals surface area contributed by atoms with Gasteiger partial charge >= 0.3 is 0 Å². The first-order valence-corrected chi connectivity index (χ1v) is 9.00. The highest BCUT2D eigenvalue weighted by molar-refractivity contribution is 14.1. The molecule has 1 heterocycles. The van der Waals surface area contributed by atoms with Crippen LogP contribution in [0.1, 0.15) is 47.0 Å². The molecule has 0 unspecified atom stereocenters. The van der Waals surface area contributed by atoms with Crippen molar-refractivity contribution in [2.45, 2.75) is 33.1 Å². The van der Waals surface area contributed by atoms with Crippen LogP contribution in [0.3, 0.4) is 0 Å². The van der Waals surface area contributed by atoms with E-state index in [1.807, 2.05) is 49.4 Å². The molecule has 0 aliphatic heterocycles. The van der Waals surface area contributed by atoms with Gasteiger partial charge in [0.1, 0.15) is 11.3 Å². The molecule has 0 aliphatic rings. The average Bonchev–Trinajstić information content (AvgIpc) is 2.90. The second kappa shape index (κ2) is 6.87. The van der Waals surface area contributed by atoms with Gasteiger partial charge in [-0.3, -0.25) is 4.79 Å². The van der Waals surface area contributed by atoms with E-state index in [9.17, 15) is 4.79 Å². The maximum atomic E-state index is 13.1. The molecule has 0 saturated heterocycles. The van der Waals surface area contributed by atoms with E-state index in [-0.39, 0.29) is 5.78 Å². The molecule has 0 atom stereocenters. The summed E-state index contributed by atoms with van der Waals surface area (Å²) in [4.78, 5) is 13.1. The van der Waals surface area contributed by atoms with Gasteiger partial charge in [0.05, 0.1) is 5.56 Å². The Morgan fingerprint density at radius 2 is 1.87 bits per heavy atom. The summed E-state index contributed by atoms with van der Waals surface area (Å²) in [6, 6.07) is 13.8. The zero-order chi connectivity index (χ0) is 16.4. The number of carbonyl (C=O) groups excluding carboxylic acids is 1. The lowest BCUT2D eigenvalue weighted by molar-refractivity contribution is 0.103. The highest BCUT2D eigenvalue weighted by Gasteiger charge is 2.21. The SMILES string of the molecule is CCCCc1oc2ccc(I)cc2c1C(=O)c1ccc(C)cc1. The summed E-state index contributed by atoms with van der Waals surface area (Å²) in [5.41, 5.74) is 3.40. The molecule has 0 fully saturated rings. The van der Waals surface area contributed by atoms with Crippen molar-refractivity contribution in [3.8, 4) is 0 Å². The Labute approximate surface area is 150 Å². The Morgan fingerprint density at radius 1 is 1.13 bits per heavy atom. The van der Waals surface area contributed by atoms with Crippen molar-refractivity contribution in [1.29, 1.82) is 0 Å². The van der Waals surface area contributed by atoms with Crippen LogP contribution in [0.4, 0.5) is 0 Å². The highest BCUT2D eigenvalue weighted by Crippen LogP contribution is 2.30. The molecular weight excluding hydrogens is 399 g/mol. The quantitative estimate of drug-likeness (QED) is 0.380. The van der Waals surface area contributed by atoms with Gasteiger partial charge in [-0.15, -0.1) is 0 Å². The number of rotatable bonds is 5. The third-order valence-corrected chi connectivity index (χ3v) is 4.69. The van der Waals surface area contributed by atoms with Gasteiger partial charge in [-0.2, -0.15) is 0 Å². The van der Waals surface area contributed by atoms with Gasteiger partial charge < -0.3 is 4.42 Å². The summed E-state index contributed by atoms with van der Waals surface area (Å²) >= 11 is 2.27. The van der Waals surface area contributed by atoms with Gasteiger partial charge in [-0.05, 0) is 54.1 Å². The second-order valence-electron chi connectivity index (χ2n) is 5.84. The zero-order valence-electron chi connectivity index (χ0n) is 13.4. The first-order valence-electron chi connectivity index (χ1n) is 7.92. The van der Waals surface area contributed by atoms with Gasteiger partial charge in [0, 0.05) is 20.9 Å². The number of aryl methyl sites for hydroxylation is 2. The molecule has 0 aliphatic carbocycles. The monoisotopic (exact) mass is 418 g/mol. The minimum absolute atomic E-state index is 0.0526. The lowest BCUT2D eigenvalue weighted by atomic mass is 9.98. The molecule has 3 rings (SSSR count). The number of hydrogen-bond donors (Lipinski definition) is 0. The van der Waals surface area contributed by atoms with Crippen molar-refractivity contribution in [1.82, 2.24) is 0 Å². The van der Waals surface area contributed by atoms with Gasteiger partial charge in [0.15, 0.2) is 5.78 Å². The molecule has 2 nitrogen and oxygen atoms in total. The molecule has 0 amide bonds. The summed E-state index contributed by atoms with van der Waals surface area (Å²) < 4.78 is 7.11. The van der Waals surface area contributed by atoms with Crippen LogP contribution in [-0.4, -0.2) is 5.78 Å². The summed E-state index contributed by atoms with van der Waals surface area (Å²) in [5.74, 6) is 0.867. The van der Waals surface area contributed by atoms with E-state index in [4.69, 9.17) is 4.42 Å². The van der Waals surface area contributed by atoms with Gasteiger partial charge in [-0.1, -0.05) is 43.2 Å². The van der Waals surface area contributed by atoms with E-state index in [2.05, 4.69) is 29.5 Å². The maximum absolute atomic E-state index is 13.1. The number of unbranched alkanes of at least 4 members (excludes halogenated alkanes) is 1. The van der Waals surface area contributed by atoms with Gasteiger partial charge in [-0.25, -0.2) is 0 Å². The maximum Gasteiger partial charge on any atom is 0.197 e. The third-order valence-electron chi connectivity index (χ3n) is 4.02. The van der Waals surface area contributed by atoms with Crippen molar-refractivity contribution >= 4 is 39.3 Å². The fraction of sp³-hybridized carbons (Fsp3) is 0.250. The summed E-state index contributed by atoms with van der Waals surface area (Å²) in [6.07, 6.45) is 2.90. The summed E-state index contributed by atoms with van der Waals surface area (Å²) in [5, 5.41) is 0.925. The lowest BCUT2D eigenvalue weighted by Crippen LogP contribution is -2.04. The summed E-state index contributed by atoms with van der Waals surface area (Å²) in [6.45, 7) is 4.17. The van der Waals surface area contributed by atoms with Crippen LogP contribution in [0.15, 0.2) is 46.9 Å². The Bertz CT molecular complexity index is 844. The smallest absolute Gasteiger partial charge is 0.197 e. The number of fused-ring (bicyclic) bond motifs is 1. The molecular formula is C20H19IO2. The van der Waals surface area contributed by atoms with Crippen LogP contribution in [0.5, 0.6) is 0 Å². The van der Waals surface area contributed by atoms with E-state index in [1.54, 1.807) is 0 Å². The number of furan rings is 1. The highest BCUT2D eigenvalue weighted by atomic mass is 127. The van der Waals surface area contributed by atoms with Crippen molar-refractivity contribution in [2.75, 3.05) is 0 Å². The molecule has 0 N–H and O–H groups in total. The Kier molecular flexibility index (Phi) is 4.85. The largest absolute Gasteiger partial charge is 0.460 e. The molecule has 0 spiro atoms. The average molecular weight is 418 g/mol. The minimum Gasteiger partial charge on any atom is -0.460 e. The van der Waals surface area contributed by atoms with Gasteiger partial charge in [0.25, 0.3) is 0 Å². The summed E-state index contributed by atoms with van der Waals surface area (Å²) in [7, 11) is 0. The predicted octanol–water partition coefficient (Wildman–Crippen LogP) is 5.92. The molecule has 0 saturated carbocycles. The Hall–Kier alpha value is -1.62. The molecule has 2 aromatic carbocycles. The number of halogens is 1. The standard InChI is InChI=1S/C20H19IO2/c1-3-4-5-18-19(16-12-15(21)10-11-17(16)23-18)20(22)14-8-6-13(2)7-9-14/h6-12H,3-5H2,1-2H3. The molecule has 0 bridgehead atoms.